The zero-order valence-corrected chi connectivity index (χ0v) is 21.1. The minimum atomic E-state index is -2.47. The van der Waals surface area contributed by atoms with E-state index >= 15 is 0 Å². The molecule has 1 aliphatic heterocycles. The Bertz CT molecular complexity index is 1050. The number of fused-ring (bicyclic) bond motifs is 1. The quantitative estimate of drug-likeness (QED) is 0.561. The molecule has 1 unspecified atom stereocenters. The molecule has 1 saturated carbocycles. The lowest BCUT2D eigenvalue weighted by atomic mass is 10.1. The molecule has 10 heteroatoms. The van der Waals surface area contributed by atoms with E-state index in [1.54, 1.807) is 14.5 Å². The van der Waals surface area contributed by atoms with Crippen LogP contribution < -0.4 is 5.32 Å². The van der Waals surface area contributed by atoms with Crippen molar-refractivity contribution in [1.82, 2.24) is 24.9 Å². The van der Waals surface area contributed by atoms with Crippen LogP contribution in [-0.2, 0) is 24.4 Å². The molecule has 2 heterocycles. The second kappa shape index (κ2) is 10.9. The number of hydrogen-bond donors (Lipinski definition) is 1. The van der Waals surface area contributed by atoms with Crippen LogP contribution >= 0.6 is 0 Å². The standard InChI is InChI=1S/C26H35F2N5O3/c1-26(2,3)36-25(35)32-11-12-33-22(16-32)20(13-29-33)24(34)30-21(19-9-10-19)15-31(17-23(27)28)14-18-7-5-4-6-8-18/h4-8,13,19,21,23H,9-12,14-17H2,1-3H3,(H,30,34). The molecule has 4 rings (SSSR count). The minimum Gasteiger partial charge on any atom is -0.444 e. The van der Waals surface area contributed by atoms with Gasteiger partial charge in [-0.3, -0.25) is 14.4 Å². The molecule has 1 aromatic heterocycles. The van der Waals surface area contributed by atoms with Crippen molar-refractivity contribution in [3.05, 3.63) is 53.3 Å². The van der Waals surface area contributed by atoms with Gasteiger partial charge in [0, 0.05) is 25.7 Å². The summed E-state index contributed by atoms with van der Waals surface area (Å²) >= 11 is 0. The Kier molecular flexibility index (Phi) is 7.92. The van der Waals surface area contributed by atoms with Crippen molar-refractivity contribution in [3.63, 3.8) is 0 Å². The normalized spacial score (nSPS) is 16.7. The first-order valence-electron chi connectivity index (χ1n) is 12.5. The summed E-state index contributed by atoms with van der Waals surface area (Å²) in [5, 5.41) is 7.43. The average Bonchev–Trinajstić information content (AvgIpc) is 3.56. The maximum atomic E-state index is 13.4. The molecule has 1 N–H and O–H groups in total. The van der Waals surface area contributed by atoms with Crippen LogP contribution in [0.1, 0.15) is 55.2 Å². The summed E-state index contributed by atoms with van der Waals surface area (Å²) in [5.41, 5.74) is 1.38. The Balaban J connectivity index is 1.44. The number of nitrogens with one attached hydrogen (secondary N) is 1. The fraction of sp³-hybridized carbons (Fsp3) is 0.577. The summed E-state index contributed by atoms with van der Waals surface area (Å²) in [6.45, 7) is 6.92. The maximum Gasteiger partial charge on any atom is 0.410 e. The van der Waals surface area contributed by atoms with Crippen molar-refractivity contribution < 1.29 is 23.1 Å². The summed E-state index contributed by atoms with van der Waals surface area (Å²) < 4.78 is 33.9. The molecule has 0 spiro atoms. The molecule has 0 radical (unpaired) electrons. The lowest BCUT2D eigenvalue weighted by Crippen LogP contribution is -2.46. The number of ether oxygens (including phenoxy) is 1. The van der Waals surface area contributed by atoms with Crippen molar-refractivity contribution in [2.75, 3.05) is 19.6 Å². The van der Waals surface area contributed by atoms with E-state index < -0.39 is 18.1 Å². The van der Waals surface area contributed by atoms with Gasteiger partial charge >= 0.3 is 6.09 Å². The highest BCUT2D eigenvalue weighted by molar-refractivity contribution is 5.95. The lowest BCUT2D eigenvalue weighted by Gasteiger charge is -2.31. The van der Waals surface area contributed by atoms with Gasteiger partial charge in [0.25, 0.3) is 12.3 Å². The van der Waals surface area contributed by atoms with Gasteiger partial charge in [-0.1, -0.05) is 30.3 Å². The molecular weight excluding hydrogens is 468 g/mol. The third-order valence-electron chi connectivity index (χ3n) is 6.38. The van der Waals surface area contributed by atoms with Gasteiger partial charge in [-0.25, -0.2) is 13.6 Å². The van der Waals surface area contributed by atoms with Crippen LogP contribution in [0.25, 0.3) is 0 Å². The fourth-order valence-corrected chi connectivity index (χ4v) is 4.49. The number of nitrogens with zero attached hydrogens (tertiary/aromatic N) is 4. The highest BCUT2D eigenvalue weighted by Crippen LogP contribution is 2.33. The SMILES string of the molecule is CC(C)(C)OC(=O)N1CCn2ncc(C(=O)NC(CN(Cc3ccccc3)CC(F)F)C3CC3)c2C1. The summed E-state index contributed by atoms with van der Waals surface area (Å²) in [6.07, 6.45) is 0.537. The molecule has 2 amide bonds. The van der Waals surface area contributed by atoms with E-state index in [4.69, 9.17) is 4.74 Å². The van der Waals surface area contributed by atoms with Crippen LogP contribution in [0.4, 0.5) is 13.6 Å². The predicted octanol–water partition coefficient (Wildman–Crippen LogP) is 3.91. The summed E-state index contributed by atoms with van der Waals surface area (Å²) in [7, 11) is 0. The lowest BCUT2D eigenvalue weighted by molar-refractivity contribution is 0.0192. The van der Waals surface area contributed by atoms with Crippen LogP contribution in [0.15, 0.2) is 36.5 Å². The van der Waals surface area contributed by atoms with Crippen LogP contribution in [-0.4, -0.2) is 69.3 Å². The molecule has 36 heavy (non-hydrogen) atoms. The second-order valence-corrected chi connectivity index (χ2v) is 10.6. The van der Waals surface area contributed by atoms with Crippen LogP contribution in [0, 0.1) is 5.92 Å². The number of hydrogen-bond acceptors (Lipinski definition) is 5. The number of alkyl halides is 2. The number of amides is 2. The van der Waals surface area contributed by atoms with Crippen molar-refractivity contribution in [3.8, 4) is 0 Å². The fourth-order valence-electron chi connectivity index (χ4n) is 4.49. The number of benzene rings is 1. The predicted molar refractivity (Wildman–Crippen MR) is 131 cm³/mol. The molecule has 1 atom stereocenters. The molecule has 2 aliphatic rings. The van der Waals surface area contributed by atoms with Gasteiger partial charge in [-0.15, -0.1) is 0 Å². The van der Waals surface area contributed by atoms with Gasteiger partial charge in [-0.2, -0.15) is 5.10 Å². The Morgan fingerprint density at radius 2 is 1.89 bits per heavy atom. The topological polar surface area (TPSA) is 79.7 Å². The zero-order valence-electron chi connectivity index (χ0n) is 21.1. The molecule has 2 aromatic rings. The van der Waals surface area contributed by atoms with Crippen molar-refractivity contribution in [2.45, 2.75) is 71.3 Å². The van der Waals surface area contributed by atoms with Gasteiger partial charge in [-0.05, 0) is 45.1 Å². The monoisotopic (exact) mass is 503 g/mol. The molecule has 8 nitrogen and oxygen atoms in total. The van der Waals surface area contributed by atoms with Gasteiger partial charge in [0.15, 0.2) is 0 Å². The van der Waals surface area contributed by atoms with E-state index in [9.17, 15) is 18.4 Å². The number of rotatable bonds is 9. The van der Waals surface area contributed by atoms with Crippen molar-refractivity contribution in [1.29, 1.82) is 0 Å². The van der Waals surface area contributed by atoms with E-state index in [-0.39, 0.29) is 31.0 Å². The Labute approximate surface area is 210 Å². The maximum absolute atomic E-state index is 13.4. The minimum absolute atomic E-state index is 0.220. The summed E-state index contributed by atoms with van der Waals surface area (Å²) in [4.78, 5) is 29.2. The van der Waals surface area contributed by atoms with E-state index in [1.165, 1.54) is 6.20 Å². The molecule has 1 aromatic carbocycles. The van der Waals surface area contributed by atoms with Crippen LogP contribution in [0.5, 0.6) is 0 Å². The molecular formula is C26H35F2N5O3. The van der Waals surface area contributed by atoms with E-state index in [2.05, 4.69) is 10.4 Å². The number of carbonyl (C=O) groups is 2. The second-order valence-electron chi connectivity index (χ2n) is 10.6. The first-order chi connectivity index (χ1) is 17.1. The Hall–Kier alpha value is -3.01. The summed E-state index contributed by atoms with van der Waals surface area (Å²) in [5.74, 6) is -0.0366. The Morgan fingerprint density at radius 3 is 2.53 bits per heavy atom. The van der Waals surface area contributed by atoms with Crippen LogP contribution in [0.2, 0.25) is 0 Å². The largest absolute Gasteiger partial charge is 0.444 e. The molecule has 1 fully saturated rings. The van der Waals surface area contributed by atoms with Crippen molar-refractivity contribution in [2.24, 2.45) is 5.92 Å². The third-order valence-corrected chi connectivity index (χ3v) is 6.38. The van der Waals surface area contributed by atoms with Gasteiger partial charge < -0.3 is 15.0 Å². The first-order valence-corrected chi connectivity index (χ1v) is 12.5. The average molecular weight is 504 g/mol. The van der Waals surface area contributed by atoms with E-state index in [1.807, 2.05) is 51.1 Å². The highest BCUT2D eigenvalue weighted by Gasteiger charge is 2.36. The molecule has 196 valence electrons. The number of carbonyl (C=O) groups excluding carboxylic acids is 2. The van der Waals surface area contributed by atoms with E-state index in [0.29, 0.717) is 37.4 Å². The summed E-state index contributed by atoms with van der Waals surface area (Å²) in [6, 6.07) is 9.25. The highest BCUT2D eigenvalue weighted by atomic mass is 19.3. The Morgan fingerprint density at radius 1 is 1.17 bits per heavy atom. The molecule has 0 bridgehead atoms. The van der Waals surface area contributed by atoms with Gasteiger partial charge in [0.2, 0.25) is 0 Å². The molecule has 0 saturated heterocycles. The van der Waals surface area contributed by atoms with Crippen LogP contribution in [0.3, 0.4) is 0 Å². The first kappa shape index (κ1) is 26.1. The number of aromatic nitrogens is 2. The van der Waals surface area contributed by atoms with E-state index in [0.717, 1.165) is 18.4 Å². The molecule has 1 aliphatic carbocycles. The van der Waals surface area contributed by atoms with Crippen molar-refractivity contribution >= 4 is 12.0 Å². The third kappa shape index (κ3) is 7.02. The van der Waals surface area contributed by atoms with Gasteiger partial charge in [0.05, 0.1) is 37.1 Å². The van der Waals surface area contributed by atoms with Gasteiger partial charge in [0.1, 0.15) is 5.60 Å². The smallest absolute Gasteiger partial charge is 0.410 e. The number of halogens is 2. The zero-order chi connectivity index (χ0) is 25.9.